The molecule has 0 aromatic heterocycles. The molecule has 3 heterocycles. The normalized spacial score (nSPS) is 34.3. The van der Waals surface area contributed by atoms with E-state index in [2.05, 4.69) is 18.3 Å². The number of nitrogens with zero attached hydrogens (tertiary/aromatic N) is 1. The first-order valence-electron chi connectivity index (χ1n) is 14.2. The standard InChI is InChI=1S/C30H46N2O8/c1-18(8-11-26-28(35)24(33)16-30(5,6)40-26)7-10-25-20(3)15-22(21(4)39-25)31-27(34)12-9-19(2)23-17-38-14-13-32(23)29(36)37/h7-9,11-12,19-23,25-26,28,35H,10,13-17H2,1-6H3,(H,31,34)(H,36,37)/b11-8+,12-9-,18-7+/t19?,20-,21+,22+,23+,25-,26+,28-/m0/s1. The van der Waals surface area contributed by atoms with Gasteiger partial charge in [0, 0.05) is 13.0 Å². The first-order chi connectivity index (χ1) is 18.8. The van der Waals surface area contributed by atoms with Crippen LogP contribution in [0, 0.1) is 11.8 Å². The lowest BCUT2D eigenvalue weighted by molar-refractivity contribution is -0.165. The van der Waals surface area contributed by atoms with Crippen LogP contribution in [0.5, 0.6) is 0 Å². The number of aliphatic hydroxyl groups is 1. The molecule has 3 N–H and O–H groups in total. The zero-order valence-corrected chi connectivity index (χ0v) is 24.5. The van der Waals surface area contributed by atoms with Crippen LogP contribution in [-0.2, 0) is 23.8 Å². The van der Waals surface area contributed by atoms with Gasteiger partial charge in [0.05, 0.1) is 43.1 Å². The van der Waals surface area contributed by atoms with Crippen molar-refractivity contribution in [3.05, 3.63) is 36.0 Å². The Morgan fingerprint density at radius 3 is 2.67 bits per heavy atom. The van der Waals surface area contributed by atoms with Crippen LogP contribution in [0.25, 0.3) is 0 Å². The third-order valence-corrected chi connectivity index (χ3v) is 8.03. The number of morpholine rings is 1. The molecular weight excluding hydrogens is 516 g/mol. The van der Waals surface area contributed by atoms with E-state index in [-0.39, 0.29) is 54.2 Å². The highest BCUT2D eigenvalue weighted by molar-refractivity contribution is 5.87. The van der Waals surface area contributed by atoms with Gasteiger partial charge in [-0.2, -0.15) is 0 Å². The molecule has 10 nitrogen and oxygen atoms in total. The van der Waals surface area contributed by atoms with Crippen molar-refractivity contribution in [1.82, 2.24) is 10.2 Å². The molecule has 0 aromatic carbocycles. The number of hydrogen-bond donors (Lipinski definition) is 3. The summed E-state index contributed by atoms with van der Waals surface area (Å²) < 4.78 is 17.6. The summed E-state index contributed by atoms with van der Waals surface area (Å²) in [6.45, 7) is 12.6. The van der Waals surface area contributed by atoms with Gasteiger partial charge in [-0.25, -0.2) is 4.79 Å². The van der Waals surface area contributed by atoms with E-state index >= 15 is 0 Å². The number of Topliss-reactive ketones (excluding diaryl/α,β-unsaturated/α-hetero) is 1. The lowest BCUT2D eigenvalue weighted by Gasteiger charge is -2.39. The summed E-state index contributed by atoms with van der Waals surface area (Å²) >= 11 is 0. The smallest absolute Gasteiger partial charge is 0.407 e. The van der Waals surface area contributed by atoms with Crippen LogP contribution in [0.2, 0.25) is 0 Å². The fraction of sp³-hybridized carbons (Fsp3) is 0.700. The van der Waals surface area contributed by atoms with E-state index in [1.54, 1.807) is 12.2 Å². The van der Waals surface area contributed by atoms with Crippen molar-refractivity contribution in [1.29, 1.82) is 0 Å². The average molecular weight is 563 g/mol. The van der Waals surface area contributed by atoms with Crippen LogP contribution < -0.4 is 5.32 Å². The maximum absolute atomic E-state index is 12.7. The van der Waals surface area contributed by atoms with Crippen LogP contribution in [0.3, 0.4) is 0 Å². The maximum atomic E-state index is 12.7. The first kappa shape index (κ1) is 32.0. The monoisotopic (exact) mass is 562 g/mol. The minimum absolute atomic E-state index is 0.00704. The van der Waals surface area contributed by atoms with E-state index in [4.69, 9.17) is 14.2 Å². The number of aliphatic hydroxyl groups excluding tert-OH is 1. The van der Waals surface area contributed by atoms with Gasteiger partial charge in [0.15, 0.2) is 5.78 Å². The fourth-order valence-corrected chi connectivity index (χ4v) is 5.55. The van der Waals surface area contributed by atoms with Crippen LogP contribution in [0.15, 0.2) is 36.0 Å². The Balaban J connectivity index is 1.49. The van der Waals surface area contributed by atoms with Crippen molar-refractivity contribution in [3.63, 3.8) is 0 Å². The highest BCUT2D eigenvalue weighted by atomic mass is 16.5. The molecule has 0 spiro atoms. The van der Waals surface area contributed by atoms with Crippen LogP contribution in [0.4, 0.5) is 4.79 Å². The highest BCUT2D eigenvalue weighted by Crippen LogP contribution is 2.29. The number of nitrogens with one attached hydrogen (secondary N) is 1. The lowest BCUT2D eigenvalue weighted by Crippen LogP contribution is -2.51. The average Bonchev–Trinajstić information content (AvgIpc) is 2.89. The summed E-state index contributed by atoms with van der Waals surface area (Å²) in [5, 5.41) is 22.7. The van der Waals surface area contributed by atoms with Crippen molar-refractivity contribution in [2.75, 3.05) is 19.8 Å². The number of carbonyl (C=O) groups excluding carboxylic acids is 2. The largest absolute Gasteiger partial charge is 0.465 e. The number of allylic oxidation sites excluding steroid dienone is 2. The fourth-order valence-electron chi connectivity index (χ4n) is 5.55. The molecule has 3 aliphatic heterocycles. The number of rotatable bonds is 8. The quantitative estimate of drug-likeness (QED) is 0.303. The molecule has 3 aliphatic rings. The van der Waals surface area contributed by atoms with Gasteiger partial charge in [-0.1, -0.05) is 43.7 Å². The Morgan fingerprint density at radius 2 is 1.98 bits per heavy atom. The summed E-state index contributed by atoms with van der Waals surface area (Å²) in [5.41, 5.74) is 0.380. The van der Waals surface area contributed by atoms with Gasteiger partial charge in [-0.3, -0.25) is 9.59 Å². The van der Waals surface area contributed by atoms with Gasteiger partial charge in [0.1, 0.15) is 12.2 Å². The Kier molecular flexibility index (Phi) is 11.1. The topological polar surface area (TPSA) is 135 Å². The summed E-state index contributed by atoms with van der Waals surface area (Å²) in [7, 11) is 0. The van der Waals surface area contributed by atoms with E-state index in [0.717, 1.165) is 12.0 Å². The second-order valence-corrected chi connectivity index (χ2v) is 12.0. The summed E-state index contributed by atoms with van der Waals surface area (Å²) in [6, 6.07) is -0.461. The van der Waals surface area contributed by atoms with E-state index in [9.17, 15) is 24.6 Å². The first-order valence-corrected chi connectivity index (χ1v) is 14.2. The molecule has 3 saturated heterocycles. The van der Waals surface area contributed by atoms with Gasteiger partial charge >= 0.3 is 6.09 Å². The Bertz CT molecular complexity index is 1010. The highest BCUT2D eigenvalue weighted by Gasteiger charge is 2.39. The number of carbonyl (C=O) groups is 3. The summed E-state index contributed by atoms with van der Waals surface area (Å²) in [6.07, 6.45) is 7.58. The van der Waals surface area contributed by atoms with E-state index in [0.29, 0.717) is 26.2 Å². The molecule has 8 atom stereocenters. The van der Waals surface area contributed by atoms with E-state index in [1.807, 2.05) is 40.7 Å². The molecule has 224 valence electrons. The number of ketones is 1. The number of amides is 2. The van der Waals surface area contributed by atoms with Gasteiger partial charge in [-0.05, 0) is 58.4 Å². The molecule has 0 saturated carbocycles. The zero-order valence-electron chi connectivity index (χ0n) is 24.5. The van der Waals surface area contributed by atoms with Crippen LogP contribution >= 0.6 is 0 Å². The van der Waals surface area contributed by atoms with Crippen LogP contribution in [0.1, 0.15) is 60.8 Å². The van der Waals surface area contributed by atoms with Crippen molar-refractivity contribution in [2.45, 2.75) is 103 Å². The van der Waals surface area contributed by atoms with Crippen molar-refractivity contribution < 1.29 is 38.8 Å². The van der Waals surface area contributed by atoms with Crippen molar-refractivity contribution in [3.8, 4) is 0 Å². The van der Waals surface area contributed by atoms with Gasteiger partial charge < -0.3 is 34.6 Å². The molecule has 0 aliphatic carbocycles. The molecule has 2 amide bonds. The predicted molar refractivity (Wildman–Crippen MR) is 150 cm³/mol. The second kappa shape index (κ2) is 13.9. The van der Waals surface area contributed by atoms with E-state index in [1.165, 1.54) is 11.0 Å². The molecule has 0 aromatic rings. The second-order valence-electron chi connectivity index (χ2n) is 12.0. The van der Waals surface area contributed by atoms with Gasteiger partial charge in [0.25, 0.3) is 0 Å². The predicted octanol–water partition coefficient (Wildman–Crippen LogP) is 3.25. The minimum Gasteiger partial charge on any atom is -0.465 e. The SMILES string of the molecule is CC(/C=C/[C@H]1OC(C)(C)CC(=O)[C@@H]1O)=C\C[C@@H]1O[C@H](C)[C@H](NC(=O)/C=C\C(C)[C@H]2COCCN2C(=O)O)C[C@@H]1C. The molecule has 3 rings (SSSR count). The van der Waals surface area contributed by atoms with Crippen LogP contribution in [-0.4, -0.2) is 94.8 Å². The molecule has 10 heteroatoms. The molecular formula is C30H46N2O8. The maximum Gasteiger partial charge on any atom is 0.407 e. The molecule has 0 radical (unpaired) electrons. The number of hydrogen-bond acceptors (Lipinski definition) is 7. The Morgan fingerprint density at radius 1 is 1.25 bits per heavy atom. The van der Waals surface area contributed by atoms with Gasteiger partial charge in [0.2, 0.25) is 5.91 Å². The lowest BCUT2D eigenvalue weighted by atomic mass is 9.88. The zero-order chi connectivity index (χ0) is 29.6. The molecule has 3 fully saturated rings. The van der Waals surface area contributed by atoms with E-state index < -0.39 is 23.9 Å². The van der Waals surface area contributed by atoms with Gasteiger partial charge in [-0.15, -0.1) is 0 Å². The summed E-state index contributed by atoms with van der Waals surface area (Å²) in [5.74, 6) is -0.398. The number of ether oxygens (including phenoxy) is 3. The third kappa shape index (κ3) is 8.73. The Hall–Kier alpha value is -2.53. The van der Waals surface area contributed by atoms with Crippen molar-refractivity contribution >= 4 is 17.8 Å². The number of carboxylic acid groups (broad SMARTS) is 1. The Labute approximate surface area is 237 Å². The molecule has 0 bridgehead atoms. The van der Waals surface area contributed by atoms with Crippen molar-refractivity contribution in [2.24, 2.45) is 11.8 Å². The third-order valence-electron chi connectivity index (χ3n) is 8.03. The minimum atomic E-state index is -1.15. The molecule has 1 unspecified atom stereocenters. The summed E-state index contributed by atoms with van der Waals surface area (Å²) in [4.78, 5) is 37.6. The molecule has 40 heavy (non-hydrogen) atoms.